The summed E-state index contributed by atoms with van der Waals surface area (Å²) in [5, 5.41) is 6.50. The van der Waals surface area contributed by atoms with Gasteiger partial charge in [-0.1, -0.05) is 29.8 Å². The first-order valence-corrected chi connectivity index (χ1v) is 12.0. The molecule has 2 heterocycles. The number of fused-ring (bicyclic) bond motifs is 1. The molecule has 0 aliphatic rings. The molecular weight excluding hydrogens is 494 g/mol. The van der Waals surface area contributed by atoms with Gasteiger partial charge in [-0.2, -0.15) is 0 Å². The predicted molar refractivity (Wildman–Crippen MR) is 146 cm³/mol. The highest BCUT2D eigenvalue weighted by Gasteiger charge is 2.16. The molecule has 180 valence electrons. The molecule has 3 aromatic carbocycles. The molecule has 0 unspecified atom stereocenters. The summed E-state index contributed by atoms with van der Waals surface area (Å²) >= 11 is 11.5. The van der Waals surface area contributed by atoms with Crippen LogP contribution in [-0.4, -0.2) is 16.0 Å². The van der Waals surface area contributed by atoms with E-state index in [4.69, 9.17) is 32.7 Å². The van der Waals surface area contributed by atoms with E-state index < -0.39 is 5.91 Å². The molecule has 0 radical (unpaired) electrons. The lowest BCUT2D eigenvalue weighted by Crippen LogP contribution is -2.34. The molecule has 0 aliphatic heterocycles. The van der Waals surface area contributed by atoms with Crippen LogP contribution >= 0.6 is 23.8 Å². The maximum absolute atomic E-state index is 12.7. The third-order valence-electron chi connectivity index (χ3n) is 5.93. The summed E-state index contributed by atoms with van der Waals surface area (Å²) in [7, 11) is 0. The number of nitrogens with zero attached hydrogens (tertiary/aromatic N) is 1. The van der Waals surface area contributed by atoms with Crippen LogP contribution in [-0.2, 0) is 0 Å². The van der Waals surface area contributed by atoms with Gasteiger partial charge in [0.2, 0.25) is 5.89 Å². The third kappa shape index (κ3) is 4.89. The van der Waals surface area contributed by atoms with Crippen LogP contribution in [0.25, 0.3) is 33.9 Å². The standard InChI is InChI=1S/C28H22ClN3O3S/c1-15-4-6-18(12-17(15)3)23-10-11-25(34-23)26(33)32-28(36)31-21-13-19(7-5-16(21)2)27-30-22-14-20(29)8-9-24(22)35-27/h4-14H,1-3H3,(H2,31,32,33,36). The number of oxazole rings is 1. The van der Waals surface area contributed by atoms with Crippen LogP contribution < -0.4 is 10.6 Å². The largest absolute Gasteiger partial charge is 0.451 e. The third-order valence-corrected chi connectivity index (χ3v) is 6.37. The predicted octanol–water partition coefficient (Wildman–Crippen LogP) is 7.46. The zero-order valence-corrected chi connectivity index (χ0v) is 21.4. The Morgan fingerprint density at radius 3 is 2.44 bits per heavy atom. The van der Waals surface area contributed by atoms with Crippen LogP contribution in [0.1, 0.15) is 27.2 Å². The average Bonchev–Trinajstić information content (AvgIpc) is 3.49. The van der Waals surface area contributed by atoms with Crippen LogP contribution in [0.15, 0.2) is 75.6 Å². The van der Waals surface area contributed by atoms with Crippen molar-refractivity contribution in [3.05, 3.63) is 94.2 Å². The summed E-state index contributed by atoms with van der Waals surface area (Å²) in [6.07, 6.45) is 0. The molecule has 0 aliphatic carbocycles. The minimum atomic E-state index is -0.438. The number of aryl methyl sites for hydroxylation is 3. The van der Waals surface area contributed by atoms with Gasteiger partial charge >= 0.3 is 0 Å². The van der Waals surface area contributed by atoms with E-state index in [0.717, 1.165) is 22.3 Å². The van der Waals surface area contributed by atoms with Crippen molar-refractivity contribution in [2.75, 3.05) is 5.32 Å². The number of furan rings is 1. The molecule has 0 saturated carbocycles. The summed E-state index contributed by atoms with van der Waals surface area (Å²) in [6.45, 7) is 6.02. The summed E-state index contributed by atoms with van der Waals surface area (Å²) in [5.41, 5.74) is 6.98. The molecule has 0 spiro atoms. The van der Waals surface area contributed by atoms with Crippen LogP contribution in [0.5, 0.6) is 0 Å². The van der Waals surface area contributed by atoms with Crippen LogP contribution in [0.3, 0.4) is 0 Å². The minimum Gasteiger partial charge on any atom is -0.451 e. The van der Waals surface area contributed by atoms with Crippen LogP contribution in [0.2, 0.25) is 5.02 Å². The maximum atomic E-state index is 12.7. The normalized spacial score (nSPS) is 11.0. The van der Waals surface area contributed by atoms with Crippen molar-refractivity contribution >= 4 is 51.6 Å². The Kier molecular flexibility index (Phi) is 6.35. The number of carbonyl (C=O) groups excluding carboxylic acids is 1. The van der Waals surface area contributed by atoms with Crippen molar-refractivity contribution in [2.45, 2.75) is 20.8 Å². The van der Waals surface area contributed by atoms with Gasteiger partial charge in [0.15, 0.2) is 16.5 Å². The Labute approximate surface area is 218 Å². The molecule has 36 heavy (non-hydrogen) atoms. The number of halogens is 1. The van der Waals surface area contributed by atoms with Crippen molar-refractivity contribution in [3.8, 4) is 22.8 Å². The Hall–Kier alpha value is -3.94. The number of aromatic nitrogens is 1. The first-order chi connectivity index (χ1) is 17.3. The first-order valence-electron chi connectivity index (χ1n) is 11.2. The van der Waals surface area contributed by atoms with E-state index in [2.05, 4.69) is 22.5 Å². The average molecular weight is 516 g/mol. The van der Waals surface area contributed by atoms with E-state index >= 15 is 0 Å². The number of hydrogen-bond donors (Lipinski definition) is 2. The Morgan fingerprint density at radius 1 is 0.861 bits per heavy atom. The molecule has 8 heteroatoms. The molecule has 2 aromatic heterocycles. The number of carbonyl (C=O) groups is 1. The molecular formula is C28H22ClN3O3S. The van der Waals surface area contributed by atoms with Gasteiger partial charge in [-0.3, -0.25) is 10.1 Å². The van der Waals surface area contributed by atoms with E-state index in [-0.39, 0.29) is 10.9 Å². The van der Waals surface area contributed by atoms with Gasteiger partial charge in [-0.15, -0.1) is 0 Å². The molecule has 0 bridgehead atoms. The van der Waals surface area contributed by atoms with Crippen molar-refractivity contribution in [1.29, 1.82) is 0 Å². The van der Waals surface area contributed by atoms with Gasteiger partial charge in [-0.05, 0) is 98.2 Å². The zero-order chi connectivity index (χ0) is 25.4. The topological polar surface area (TPSA) is 80.3 Å². The van der Waals surface area contributed by atoms with Gasteiger partial charge in [0.05, 0.1) is 0 Å². The second-order valence-corrected chi connectivity index (χ2v) is 9.38. The van der Waals surface area contributed by atoms with Crippen LogP contribution in [0.4, 0.5) is 5.69 Å². The fourth-order valence-electron chi connectivity index (χ4n) is 3.74. The second-order valence-electron chi connectivity index (χ2n) is 8.53. The SMILES string of the molecule is Cc1ccc(-c2ccc(C(=O)NC(=S)Nc3cc(-c4nc5cc(Cl)ccc5o4)ccc3C)o2)cc1C. The summed E-state index contributed by atoms with van der Waals surface area (Å²) in [5.74, 6) is 0.806. The maximum Gasteiger partial charge on any atom is 0.293 e. The number of amides is 1. The number of thiocarbonyl (C=S) groups is 1. The Morgan fingerprint density at radius 2 is 1.64 bits per heavy atom. The fraction of sp³-hybridized carbons (Fsp3) is 0.107. The lowest BCUT2D eigenvalue weighted by Gasteiger charge is -2.12. The van der Waals surface area contributed by atoms with Crippen molar-refractivity contribution in [3.63, 3.8) is 0 Å². The first kappa shape index (κ1) is 23.8. The highest BCUT2D eigenvalue weighted by molar-refractivity contribution is 7.80. The summed E-state index contributed by atoms with van der Waals surface area (Å²) < 4.78 is 11.7. The van der Waals surface area contributed by atoms with Gasteiger partial charge in [-0.25, -0.2) is 4.98 Å². The molecule has 0 atom stereocenters. The summed E-state index contributed by atoms with van der Waals surface area (Å²) in [4.78, 5) is 17.3. The quantitative estimate of drug-likeness (QED) is 0.242. The van der Waals surface area contributed by atoms with E-state index in [1.807, 2.05) is 50.2 Å². The number of nitrogens with one attached hydrogen (secondary N) is 2. The zero-order valence-electron chi connectivity index (χ0n) is 19.8. The van der Waals surface area contributed by atoms with Gasteiger partial charge in [0.25, 0.3) is 5.91 Å². The van der Waals surface area contributed by atoms with Crippen molar-refractivity contribution in [1.82, 2.24) is 10.3 Å². The molecule has 5 rings (SSSR count). The molecule has 2 N–H and O–H groups in total. The molecule has 6 nitrogen and oxygen atoms in total. The number of anilines is 1. The van der Waals surface area contributed by atoms with E-state index in [0.29, 0.717) is 33.5 Å². The van der Waals surface area contributed by atoms with Gasteiger partial charge in [0.1, 0.15) is 11.3 Å². The smallest absolute Gasteiger partial charge is 0.293 e. The van der Waals surface area contributed by atoms with Gasteiger partial charge < -0.3 is 14.2 Å². The van der Waals surface area contributed by atoms with E-state index in [1.165, 1.54) is 5.56 Å². The van der Waals surface area contributed by atoms with E-state index in [9.17, 15) is 4.79 Å². The fourth-order valence-corrected chi connectivity index (χ4v) is 4.11. The Bertz CT molecular complexity index is 1640. The lowest BCUT2D eigenvalue weighted by atomic mass is 10.1. The summed E-state index contributed by atoms with van der Waals surface area (Å²) in [6, 6.07) is 20.4. The molecule has 0 fully saturated rings. The van der Waals surface area contributed by atoms with Crippen LogP contribution in [0, 0.1) is 20.8 Å². The highest BCUT2D eigenvalue weighted by atomic mass is 35.5. The minimum absolute atomic E-state index is 0.147. The molecule has 0 saturated heterocycles. The lowest BCUT2D eigenvalue weighted by molar-refractivity contribution is 0.0951. The molecule has 5 aromatic rings. The van der Waals surface area contributed by atoms with Gasteiger partial charge in [0, 0.05) is 21.8 Å². The number of hydrogen-bond acceptors (Lipinski definition) is 5. The van der Waals surface area contributed by atoms with E-state index in [1.54, 1.807) is 30.3 Å². The molecule has 1 amide bonds. The monoisotopic (exact) mass is 515 g/mol. The highest BCUT2D eigenvalue weighted by Crippen LogP contribution is 2.29. The van der Waals surface area contributed by atoms with Crippen molar-refractivity contribution in [2.24, 2.45) is 0 Å². The number of benzene rings is 3. The second kappa shape index (κ2) is 9.60. The number of rotatable bonds is 4. The Balaban J connectivity index is 1.30. The van der Waals surface area contributed by atoms with Crippen molar-refractivity contribution < 1.29 is 13.6 Å².